The molecule has 0 saturated heterocycles. The van der Waals surface area contributed by atoms with Crippen LogP contribution >= 0.6 is 11.3 Å². The van der Waals surface area contributed by atoms with Crippen molar-refractivity contribution in [2.24, 2.45) is 7.05 Å². The van der Waals surface area contributed by atoms with Crippen LogP contribution in [0.4, 0.5) is 0 Å². The van der Waals surface area contributed by atoms with Crippen LogP contribution in [0.1, 0.15) is 22.1 Å². The van der Waals surface area contributed by atoms with E-state index in [2.05, 4.69) is 16.2 Å². The van der Waals surface area contributed by atoms with Crippen LogP contribution in [0.3, 0.4) is 0 Å². The van der Waals surface area contributed by atoms with Gasteiger partial charge in [0.25, 0.3) is 0 Å². The Kier molecular flexibility index (Phi) is 3.07. The van der Waals surface area contributed by atoms with Gasteiger partial charge in [-0.2, -0.15) is 10.4 Å². The average Bonchev–Trinajstić information content (AvgIpc) is 2.83. The van der Waals surface area contributed by atoms with E-state index in [1.54, 1.807) is 10.8 Å². The van der Waals surface area contributed by atoms with Crippen LogP contribution < -0.4 is 0 Å². The number of hydrogen-bond donors (Lipinski definition) is 0. The summed E-state index contributed by atoms with van der Waals surface area (Å²) in [5.41, 5.74) is 3.34. The molecule has 2 rings (SSSR count). The lowest BCUT2D eigenvalue weighted by molar-refractivity contribution is 0.737. The maximum absolute atomic E-state index is 9.14. The van der Waals surface area contributed by atoms with E-state index >= 15 is 0 Å². The van der Waals surface area contributed by atoms with Gasteiger partial charge in [0.15, 0.2) is 0 Å². The van der Waals surface area contributed by atoms with Gasteiger partial charge in [-0.05, 0) is 26.0 Å². The van der Waals surface area contributed by atoms with E-state index in [0.29, 0.717) is 5.57 Å². The Morgan fingerprint density at radius 3 is 2.76 bits per heavy atom. The first-order valence-electron chi connectivity index (χ1n) is 5.15. The van der Waals surface area contributed by atoms with Gasteiger partial charge in [0, 0.05) is 23.8 Å². The molecule has 0 N–H and O–H groups in total. The number of allylic oxidation sites excluding steroid dienone is 1. The summed E-state index contributed by atoms with van der Waals surface area (Å²) < 4.78 is 1.79. The molecule has 0 aliphatic rings. The number of aryl methyl sites for hydroxylation is 3. The molecule has 0 radical (unpaired) electrons. The molecule has 0 spiro atoms. The van der Waals surface area contributed by atoms with Crippen LogP contribution in [0, 0.1) is 25.2 Å². The summed E-state index contributed by atoms with van der Waals surface area (Å²) in [7, 11) is 1.88. The molecule has 2 aromatic rings. The third-order valence-corrected chi connectivity index (χ3v) is 3.39. The maximum Gasteiger partial charge on any atom is 0.134 e. The van der Waals surface area contributed by atoms with Crippen molar-refractivity contribution in [3.8, 4) is 6.07 Å². The third kappa shape index (κ3) is 2.43. The highest BCUT2D eigenvalue weighted by molar-refractivity contribution is 7.11. The van der Waals surface area contributed by atoms with Crippen molar-refractivity contribution in [1.29, 1.82) is 5.26 Å². The Balaban J connectivity index is 2.40. The normalized spacial score (nSPS) is 11.5. The fourth-order valence-corrected chi connectivity index (χ4v) is 2.19. The highest BCUT2D eigenvalue weighted by Crippen LogP contribution is 2.21. The molecule has 4 nitrogen and oxygen atoms in total. The zero-order valence-electron chi connectivity index (χ0n) is 9.93. The second-order valence-corrected chi connectivity index (χ2v) is 4.66. The van der Waals surface area contributed by atoms with Crippen LogP contribution in [0.25, 0.3) is 11.6 Å². The Morgan fingerprint density at radius 1 is 1.53 bits per heavy atom. The Labute approximate surface area is 104 Å². The van der Waals surface area contributed by atoms with E-state index in [1.807, 2.05) is 32.3 Å². The van der Waals surface area contributed by atoms with E-state index in [0.717, 1.165) is 22.1 Å². The van der Waals surface area contributed by atoms with E-state index in [4.69, 9.17) is 5.26 Å². The SMILES string of the molecule is Cc1csc(C(C#N)=Cc2cc(C)n(C)n2)n1. The molecule has 86 valence electrons. The lowest BCUT2D eigenvalue weighted by atomic mass is 10.2. The quantitative estimate of drug-likeness (QED) is 0.763. The van der Waals surface area contributed by atoms with Crippen molar-refractivity contribution < 1.29 is 0 Å². The van der Waals surface area contributed by atoms with E-state index in [1.165, 1.54) is 11.3 Å². The molecule has 0 aliphatic heterocycles. The second kappa shape index (κ2) is 4.52. The minimum absolute atomic E-state index is 0.557. The van der Waals surface area contributed by atoms with Crippen molar-refractivity contribution in [3.05, 3.63) is 33.5 Å². The molecule has 5 heteroatoms. The standard InChI is InChI=1S/C12H12N4S/c1-8-7-17-12(14-8)10(6-13)5-11-4-9(2)16(3)15-11/h4-5,7H,1-3H3. The molecule has 0 fully saturated rings. The highest BCUT2D eigenvalue weighted by Gasteiger charge is 2.07. The minimum Gasteiger partial charge on any atom is -0.272 e. The lowest BCUT2D eigenvalue weighted by Gasteiger charge is -1.91. The predicted molar refractivity (Wildman–Crippen MR) is 68.3 cm³/mol. The molecule has 2 heterocycles. The second-order valence-electron chi connectivity index (χ2n) is 3.80. The van der Waals surface area contributed by atoms with Gasteiger partial charge in [-0.15, -0.1) is 11.3 Å². The number of nitriles is 1. The molecule has 0 atom stereocenters. The van der Waals surface area contributed by atoms with Crippen LogP contribution in [0.2, 0.25) is 0 Å². The van der Waals surface area contributed by atoms with Crippen molar-refractivity contribution >= 4 is 23.0 Å². The third-order valence-electron chi connectivity index (χ3n) is 2.39. The van der Waals surface area contributed by atoms with Crippen LogP contribution in [-0.2, 0) is 7.05 Å². The van der Waals surface area contributed by atoms with E-state index in [9.17, 15) is 0 Å². The number of rotatable bonds is 2. The summed E-state index contributed by atoms with van der Waals surface area (Å²) in [6.45, 7) is 3.89. The number of nitrogens with zero attached hydrogens (tertiary/aromatic N) is 4. The first-order valence-corrected chi connectivity index (χ1v) is 6.03. The Bertz CT molecular complexity index is 593. The molecule has 0 bridgehead atoms. The van der Waals surface area contributed by atoms with E-state index < -0.39 is 0 Å². The van der Waals surface area contributed by atoms with Gasteiger partial charge in [0.1, 0.15) is 11.1 Å². The van der Waals surface area contributed by atoms with Gasteiger partial charge < -0.3 is 0 Å². The van der Waals surface area contributed by atoms with Crippen LogP contribution in [0.5, 0.6) is 0 Å². The Hall–Kier alpha value is -1.93. The van der Waals surface area contributed by atoms with Crippen molar-refractivity contribution in [2.45, 2.75) is 13.8 Å². The zero-order chi connectivity index (χ0) is 12.4. The summed E-state index contributed by atoms with van der Waals surface area (Å²) in [5, 5.41) is 16.1. The number of hydrogen-bond acceptors (Lipinski definition) is 4. The first kappa shape index (κ1) is 11.6. The van der Waals surface area contributed by atoms with Gasteiger partial charge in [-0.3, -0.25) is 4.68 Å². The molecule has 0 aromatic carbocycles. The smallest absolute Gasteiger partial charge is 0.134 e. The average molecular weight is 244 g/mol. The molecule has 17 heavy (non-hydrogen) atoms. The van der Waals surface area contributed by atoms with Crippen LogP contribution in [0.15, 0.2) is 11.4 Å². The number of aromatic nitrogens is 3. The zero-order valence-corrected chi connectivity index (χ0v) is 10.7. The summed E-state index contributed by atoms with van der Waals surface area (Å²) >= 11 is 1.48. The monoisotopic (exact) mass is 244 g/mol. The molecule has 0 saturated carbocycles. The summed E-state index contributed by atoms with van der Waals surface area (Å²) in [4.78, 5) is 4.30. The topological polar surface area (TPSA) is 54.5 Å². The molecule has 0 aliphatic carbocycles. The molecule has 0 unspecified atom stereocenters. The Morgan fingerprint density at radius 2 is 2.29 bits per heavy atom. The summed E-state index contributed by atoms with van der Waals surface area (Å²) in [6.07, 6.45) is 1.77. The lowest BCUT2D eigenvalue weighted by Crippen LogP contribution is -1.92. The fourth-order valence-electron chi connectivity index (χ4n) is 1.43. The molecule has 0 amide bonds. The minimum atomic E-state index is 0.557. The van der Waals surface area contributed by atoms with Gasteiger partial charge >= 0.3 is 0 Å². The number of thiazole rings is 1. The van der Waals surface area contributed by atoms with E-state index in [-0.39, 0.29) is 0 Å². The van der Waals surface area contributed by atoms with Crippen molar-refractivity contribution in [2.75, 3.05) is 0 Å². The molecular formula is C12H12N4S. The van der Waals surface area contributed by atoms with Crippen molar-refractivity contribution in [3.63, 3.8) is 0 Å². The van der Waals surface area contributed by atoms with Crippen molar-refractivity contribution in [1.82, 2.24) is 14.8 Å². The first-order chi connectivity index (χ1) is 8.10. The van der Waals surface area contributed by atoms with Crippen LogP contribution in [-0.4, -0.2) is 14.8 Å². The van der Waals surface area contributed by atoms with Gasteiger partial charge in [0.2, 0.25) is 0 Å². The van der Waals surface area contributed by atoms with Gasteiger partial charge in [-0.1, -0.05) is 0 Å². The molecule has 2 aromatic heterocycles. The summed E-state index contributed by atoms with van der Waals surface area (Å²) in [5.74, 6) is 0. The molecular weight excluding hydrogens is 232 g/mol. The largest absolute Gasteiger partial charge is 0.272 e. The predicted octanol–water partition coefficient (Wildman–Crippen LogP) is 2.56. The van der Waals surface area contributed by atoms with Gasteiger partial charge in [0.05, 0.1) is 11.3 Å². The summed E-state index contributed by atoms with van der Waals surface area (Å²) in [6, 6.07) is 4.11. The van der Waals surface area contributed by atoms with Gasteiger partial charge in [-0.25, -0.2) is 4.98 Å². The maximum atomic E-state index is 9.14. The highest BCUT2D eigenvalue weighted by atomic mass is 32.1. The fraction of sp³-hybridized carbons (Fsp3) is 0.250.